The SMILES string of the molecule is CCCC(CC(C)C)(C(=O)NN)C(=O)[C@@H]([C@H](C/C=C/c1ccccc1)C(=O)NO)n1cc(C)nn1.Cc1ccc(S(=O)(=O)O)cc1. The average Bonchev–Trinajstić information content (AvgIpc) is 3.45. The number of carbonyl (C=O) groups excluding carboxylic acids is 3. The van der Waals surface area contributed by atoms with E-state index >= 15 is 0 Å². The first-order valence-corrected chi connectivity index (χ1v) is 16.3. The zero-order valence-corrected chi connectivity index (χ0v) is 27.6. The standard InChI is InChI=1S/C25H36N6O4.C7H8O3S/c1-5-14-25(15-17(2)3,24(34)27-26)22(32)21(31-16-18(4)28-30-31)20(23(33)29-35)13-9-12-19-10-7-6-8-11-19;1-6-2-4-7(5-3-6)11(8,9)10/h6-12,16-17,20-21,35H,5,13-15,26H2,1-4H3,(H,27,34)(H,29,33);2-5H,1H3,(H,8,9,10)/b12-9+;/t20-,21+,25?;/m0./s1. The summed E-state index contributed by atoms with van der Waals surface area (Å²) in [5, 5.41) is 17.6. The third-order valence-corrected chi connectivity index (χ3v) is 8.16. The van der Waals surface area contributed by atoms with Crippen LogP contribution in [0, 0.1) is 31.1 Å². The number of nitrogens with one attached hydrogen (secondary N) is 2. The number of nitrogens with two attached hydrogens (primary N) is 1. The van der Waals surface area contributed by atoms with Gasteiger partial charge in [-0.2, -0.15) is 8.42 Å². The molecular formula is C32H44N6O7S. The third-order valence-electron chi connectivity index (χ3n) is 7.30. The molecule has 1 heterocycles. The quantitative estimate of drug-likeness (QED) is 0.0421. The number of hydrogen-bond acceptors (Lipinski definition) is 9. The zero-order valence-electron chi connectivity index (χ0n) is 26.8. The molecule has 1 unspecified atom stereocenters. The molecule has 0 aliphatic carbocycles. The van der Waals surface area contributed by atoms with E-state index in [4.69, 9.17) is 10.4 Å². The van der Waals surface area contributed by atoms with Crippen molar-refractivity contribution in [3.05, 3.63) is 83.7 Å². The van der Waals surface area contributed by atoms with Gasteiger partial charge in [0.05, 0.1) is 16.5 Å². The third kappa shape index (κ3) is 10.4. The molecule has 0 aliphatic heterocycles. The molecule has 2 amide bonds. The highest BCUT2D eigenvalue weighted by Crippen LogP contribution is 2.40. The van der Waals surface area contributed by atoms with Gasteiger partial charge in [0, 0.05) is 6.20 Å². The molecule has 2 aromatic carbocycles. The van der Waals surface area contributed by atoms with Crippen molar-refractivity contribution in [2.24, 2.45) is 23.1 Å². The average molecular weight is 657 g/mol. The number of hydroxylamine groups is 1. The first-order chi connectivity index (χ1) is 21.7. The fourth-order valence-corrected chi connectivity index (χ4v) is 5.74. The summed E-state index contributed by atoms with van der Waals surface area (Å²) < 4.78 is 30.9. The predicted molar refractivity (Wildman–Crippen MR) is 172 cm³/mol. The smallest absolute Gasteiger partial charge is 0.294 e. The summed E-state index contributed by atoms with van der Waals surface area (Å²) in [6.07, 6.45) is 6.25. The molecule has 13 nitrogen and oxygen atoms in total. The molecule has 1 aromatic heterocycles. The van der Waals surface area contributed by atoms with E-state index in [0.717, 1.165) is 11.1 Å². The number of benzene rings is 2. The second kappa shape index (κ2) is 17.5. The number of Topliss-reactive ketones (excluding diaryl/α,β-unsaturated/α-hetero) is 1. The summed E-state index contributed by atoms with van der Waals surface area (Å²) in [4.78, 5) is 40.3. The van der Waals surface area contributed by atoms with Crippen LogP contribution in [0.3, 0.4) is 0 Å². The van der Waals surface area contributed by atoms with Crippen LogP contribution in [-0.4, -0.2) is 50.8 Å². The fourth-order valence-electron chi connectivity index (χ4n) is 5.26. The van der Waals surface area contributed by atoms with Crippen LogP contribution in [0.5, 0.6) is 0 Å². The molecule has 3 aromatic rings. The van der Waals surface area contributed by atoms with Crippen LogP contribution >= 0.6 is 0 Å². The van der Waals surface area contributed by atoms with Crippen molar-refractivity contribution in [3.8, 4) is 0 Å². The molecule has 250 valence electrons. The number of aromatic nitrogens is 3. The van der Waals surface area contributed by atoms with Crippen LogP contribution in [0.15, 0.2) is 71.8 Å². The maximum Gasteiger partial charge on any atom is 0.294 e. The lowest BCUT2D eigenvalue weighted by atomic mass is 9.68. The van der Waals surface area contributed by atoms with E-state index in [1.54, 1.807) is 36.8 Å². The Morgan fingerprint density at radius 2 is 1.70 bits per heavy atom. The van der Waals surface area contributed by atoms with Gasteiger partial charge in [-0.25, -0.2) is 16.0 Å². The van der Waals surface area contributed by atoms with Crippen LogP contribution in [-0.2, 0) is 24.5 Å². The van der Waals surface area contributed by atoms with Crippen LogP contribution in [0.2, 0.25) is 0 Å². The molecule has 0 bridgehead atoms. The van der Waals surface area contributed by atoms with Crippen LogP contribution in [0.25, 0.3) is 6.08 Å². The maximum absolute atomic E-state index is 14.3. The summed E-state index contributed by atoms with van der Waals surface area (Å²) in [5.41, 5.74) is 4.77. The minimum Gasteiger partial charge on any atom is -0.296 e. The molecule has 0 saturated carbocycles. The Balaban J connectivity index is 0.000000562. The molecule has 0 aliphatic rings. The number of hydrazine groups is 1. The largest absolute Gasteiger partial charge is 0.296 e. The van der Waals surface area contributed by atoms with Gasteiger partial charge in [0.25, 0.3) is 10.1 Å². The van der Waals surface area contributed by atoms with Crippen molar-refractivity contribution >= 4 is 33.8 Å². The van der Waals surface area contributed by atoms with Crippen LogP contribution in [0.1, 0.15) is 69.3 Å². The highest BCUT2D eigenvalue weighted by atomic mass is 32.2. The number of carbonyl (C=O) groups is 3. The summed E-state index contributed by atoms with van der Waals surface area (Å²) in [7, 11) is -4.02. The zero-order chi connectivity index (χ0) is 34.5. The van der Waals surface area contributed by atoms with Gasteiger partial charge in [0.1, 0.15) is 11.5 Å². The fraction of sp³-hybridized carbons (Fsp3) is 0.406. The molecule has 3 atom stereocenters. The van der Waals surface area contributed by atoms with E-state index in [-0.39, 0.29) is 30.1 Å². The minimum atomic E-state index is -4.02. The monoisotopic (exact) mass is 656 g/mol. The predicted octanol–water partition coefficient (Wildman–Crippen LogP) is 3.99. The van der Waals surface area contributed by atoms with E-state index in [1.807, 2.05) is 64.1 Å². The number of rotatable bonds is 14. The summed E-state index contributed by atoms with van der Waals surface area (Å²) in [5.74, 6) is 2.58. The van der Waals surface area contributed by atoms with Crippen molar-refractivity contribution < 1.29 is 32.6 Å². The Bertz CT molecular complexity index is 1570. The summed E-state index contributed by atoms with van der Waals surface area (Å²) >= 11 is 0. The van der Waals surface area contributed by atoms with Gasteiger partial charge >= 0.3 is 0 Å². The highest BCUT2D eigenvalue weighted by Gasteiger charge is 2.51. The second-order valence-corrected chi connectivity index (χ2v) is 12.9. The van der Waals surface area contributed by atoms with E-state index in [2.05, 4.69) is 15.7 Å². The van der Waals surface area contributed by atoms with Gasteiger partial charge in [0.15, 0.2) is 5.78 Å². The van der Waals surface area contributed by atoms with Crippen molar-refractivity contribution in [1.82, 2.24) is 25.9 Å². The second-order valence-electron chi connectivity index (χ2n) is 11.5. The van der Waals surface area contributed by atoms with Crippen molar-refractivity contribution in [1.29, 1.82) is 0 Å². The lowest BCUT2D eigenvalue weighted by molar-refractivity contribution is -0.151. The van der Waals surface area contributed by atoms with E-state index in [0.29, 0.717) is 12.1 Å². The molecule has 46 heavy (non-hydrogen) atoms. The molecule has 0 radical (unpaired) electrons. The van der Waals surface area contributed by atoms with Crippen molar-refractivity contribution in [2.45, 2.75) is 71.2 Å². The molecule has 6 N–H and O–H groups in total. The number of allylic oxidation sites excluding steroid dienone is 1. The highest BCUT2D eigenvalue weighted by molar-refractivity contribution is 7.85. The van der Waals surface area contributed by atoms with E-state index in [1.165, 1.54) is 16.8 Å². The minimum absolute atomic E-state index is 0.0102. The Hall–Kier alpha value is -4.24. The number of nitrogens with zero attached hydrogens (tertiary/aromatic N) is 3. The summed E-state index contributed by atoms with van der Waals surface area (Å²) in [6, 6.07) is 14.3. The van der Waals surface area contributed by atoms with E-state index < -0.39 is 45.1 Å². The molecule has 3 rings (SSSR count). The number of ketones is 1. The van der Waals surface area contributed by atoms with Gasteiger partial charge in [-0.05, 0) is 56.7 Å². The Kier molecular flexibility index (Phi) is 14.4. The molecule has 0 saturated heterocycles. The van der Waals surface area contributed by atoms with Crippen LogP contribution in [0.4, 0.5) is 0 Å². The van der Waals surface area contributed by atoms with Gasteiger partial charge in [-0.3, -0.25) is 29.6 Å². The number of aryl methyl sites for hydroxylation is 2. The Labute approximate surface area is 269 Å². The molecule has 0 fully saturated rings. The lowest BCUT2D eigenvalue weighted by Crippen LogP contribution is -2.54. The van der Waals surface area contributed by atoms with E-state index in [9.17, 15) is 28.0 Å². The van der Waals surface area contributed by atoms with Crippen molar-refractivity contribution in [3.63, 3.8) is 0 Å². The topological polar surface area (TPSA) is 207 Å². The Morgan fingerprint density at radius 1 is 1.07 bits per heavy atom. The lowest BCUT2D eigenvalue weighted by Gasteiger charge is -2.36. The first kappa shape index (κ1) is 37.9. The van der Waals surface area contributed by atoms with Gasteiger partial charge in [-0.15, -0.1) is 5.10 Å². The van der Waals surface area contributed by atoms with Gasteiger partial charge in [0.2, 0.25) is 11.8 Å². The molecule has 0 spiro atoms. The van der Waals surface area contributed by atoms with Gasteiger partial charge < -0.3 is 0 Å². The number of hydrogen-bond donors (Lipinski definition) is 5. The summed E-state index contributed by atoms with van der Waals surface area (Å²) in [6.45, 7) is 9.25. The van der Waals surface area contributed by atoms with Gasteiger partial charge in [-0.1, -0.05) is 92.6 Å². The Morgan fingerprint density at radius 3 is 2.17 bits per heavy atom. The normalized spacial score (nSPS) is 14.1. The molecular weight excluding hydrogens is 612 g/mol. The molecule has 14 heteroatoms. The van der Waals surface area contributed by atoms with Crippen LogP contribution < -0.4 is 16.7 Å². The maximum atomic E-state index is 14.3. The first-order valence-electron chi connectivity index (χ1n) is 14.8. The number of amides is 2. The van der Waals surface area contributed by atoms with Crippen molar-refractivity contribution in [2.75, 3.05) is 0 Å².